The highest BCUT2D eigenvalue weighted by Crippen LogP contribution is 2.22. The van der Waals surface area contributed by atoms with Crippen molar-refractivity contribution in [1.82, 2.24) is 4.72 Å². The Morgan fingerprint density at radius 2 is 2.19 bits per heavy atom. The summed E-state index contributed by atoms with van der Waals surface area (Å²) in [5.74, 6) is -1.27. The number of nitrogens with zero attached hydrogens (tertiary/aromatic N) is 1. The summed E-state index contributed by atoms with van der Waals surface area (Å²) in [6, 6.07) is 5.74. The summed E-state index contributed by atoms with van der Waals surface area (Å²) < 4.78 is 26.6. The van der Waals surface area contributed by atoms with Gasteiger partial charge in [-0.25, -0.2) is 13.1 Å². The number of aliphatic carboxylic acids is 1. The van der Waals surface area contributed by atoms with E-state index in [1.54, 1.807) is 6.92 Å². The van der Waals surface area contributed by atoms with Gasteiger partial charge in [-0.3, -0.25) is 4.79 Å². The Hall–Kier alpha value is -1.62. The van der Waals surface area contributed by atoms with Crippen molar-refractivity contribution in [2.24, 2.45) is 5.92 Å². The first-order valence-electron chi connectivity index (χ1n) is 6.21. The van der Waals surface area contributed by atoms with Gasteiger partial charge in [0.2, 0.25) is 10.0 Å². The number of nitrogens with one attached hydrogen (secondary N) is 1. The molecule has 0 heterocycles. The smallest absolute Gasteiger partial charge is 0.303 e. The fourth-order valence-electron chi connectivity index (χ4n) is 1.70. The molecule has 0 amide bonds. The van der Waals surface area contributed by atoms with E-state index >= 15 is 0 Å². The number of carboxylic acid groups (broad SMARTS) is 1. The van der Waals surface area contributed by atoms with Crippen LogP contribution in [0.15, 0.2) is 23.1 Å². The first-order valence-corrected chi connectivity index (χ1v) is 8.07. The van der Waals surface area contributed by atoms with E-state index in [0.29, 0.717) is 6.42 Å². The zero-order chi connectivity index (χ0) is 16.0. The van der Waals surface area contributed by atoms with Crippen molar-refractivity contribution in [2.45, 2.75) is 24.7 Å². The Bertz CT molecular complexity index is 667. The molecule has 0 radical (unpaired) electrons. The van der Waals surface area contributed by atoms with Crippen LogP contribution in [0, 0.1) is 17.2 Å². The first kappa shape index (κ1) is 17.4. The average molecular weight is 331 g/mol. The standard InChI is InChI=1S/C13H15ClN2O4S/c1-2-9(6-13(17)18)8-16-21(19,20)12-4-3-10(7-15)5-11(12)14/h3-5,9,16H,2,6,8H2,1H3,(H,17,18). The molecule has 1 rings (SSSR count). The number of carbonyl (C=O) groups is 1. The van der Waals surface area contributed by atoms with Crippen molar-refractivity contribution >= 4 is 27.6 Å². The molecule has 0 aliphatic rings. The number of hydrogen-bond acceptors (Lipinski definition) is 4. The van der Waals surface area contributed by atoms with Gasteiger partial charge in [-0.1, -0.05) is 24.9 Å². The van der Waals surface area contributed by atoms with Crippen LogP contribution >= 0.6 is 11.6 Å². The molecule has 0 bridgehead atoms. The molecule has 0 aliphatic carbocycles. The highest BCUT2D eigenvalue weighted by Gasteiger charge is 2.20. The topological polar surface area (TPSA) is 107 Å². The third-order valence-electron chi connectivity index (χ3n) is 2.95. The van der Waals surface area contributed by atoms with Gasteiger partial charge in [0.25, 0.3) is 0 Å². The maximum atomic E-state index is 12.1. The van der Waals surface area contributed by atoms with E-state index in [-0.39, 0.29) is 34.4 Å². The van der Waals surface area contributed by atoms with Gasteiger partial charge in [-0.05, 0) is 24.1 Å². The zero-order valence-electron chi connectivity index (χ0n) is 11.3. The summed E-state index contributed by atoms with van der Waals surface area (Å²) in [7, 11) is -3.84. The van der Waals surface area contributed by atoms with Gasteiger partial charge in [0.05, 0.1) is 16.7 Å². The quantitative estimate of drug-likeness (QED) is 0.795. The minimum Gasteiger partial charge on any atom is -0.481 e. The SMILES string of the molecule is CCC(CNS(=O)(=O)c1ccc(C#N)cc1Cl)CC(=O)O. The van der Waals surface area contributed by atoms with Gasteiger partial charge in [0, 0.05) is 13.0 Å². The summed E-state index contributed by atoms with van der Waals surface area (Å²) in [6.07, 6.45) is 0.427. The molecule has 114 valence electrons. The molecule has 0 aromatic heterocycles. The Balaban J connectivity index is 2.87. The number of carboxylic acids is 1. The van der Waals surface area contributed by atoms with E-state index in [1.807, 2.05) is 6.07 Å². The second kappa shape index (κ2) is 7.41. The monoisotopic (exact) mass is 330 g/mol. The van der Waals surface area contributed by atoms with E-state index < -0.39 is 16.0 Å². The van der Waals surface area contributed by atoms with E-state index in [0.717, 1.165) is 0 Å². The Morgan fingerprint density at radius 3 is 2.67 bits per heavy atom. The third kappa shape index (κ3) is 5.01. The van der Waals surface area contributed by atoms with Crippen molar-refractivity contribution in [3.05, 3.63) is 28.8 Å². The molecule has 8 heteroatoms. The summed E-state index contributed by atoms with van der Waals surface area (Å²) in [5.41, 5.74) is 0.260. The van der Waals surface area contributed by atoms with Crippen molar-refractivity contribution in [3.8, 4) is 6.07 Å². The van der Waals surface area contributed by atoms with E-state index in [9.17, 15) is 13.2 Å². The van der Waals surface area contributed by atoms with Gasteiger partial charge < -0.3 is 5.11 Å². The van der Waals surface area contributed by atoms with Crippen LogP contribution in [0.4, 0.5) is 0 Å². The van der Waals surface area contributed by atoms with E-state index in [2.05, 4.69) is 4.72 Å². The molecule has 0 saturated heterocycles. The second-order valence-corrected chi connectivity index (χ2v) is 6.62. The second-order valence-electron chi connectivity index (χ2n) is 4.48. The molecule has 1 aromatic carbocycles. The minimum atomic E-state index is -3.84. The maximum Gasteiger partial charge on any atom is 0.303 e. The van der Waals surface area contributed by atoms with Crippen LogP contribution < -0.4 is 4.72 Å². The molecular weight excluding hydrogens is 316 g/mol. The first-order chi connectivity index (χ1) is 9.80. The molecule has 0 spiro atoms. The predicted molar refractivity (Wildman–Crippen MR) is 77.4 cm³/mol. The lowest BCUT2D eigenvalue weighted by atomic mass is 10.0. The summed E-state index contributed by atoms with van der Waals surface area (Å²) in [6.45, 7) is 1.80. The molecule has 0 saturated carbocycles. The van der Waals surface area contributed by atoms with Gasteiger partial charge in [-0.15, -0.1) is 0 Å². The summed E-state index contributed by atoms with van der Waals surface area (Å²) >= 11 is 5.86. The number of benzene rings is 1. The molecule has 6 nitrogen and oxygen atoms in total. The van der Waals surface area contributed by atoms with Crippen LogP contribution in [0.2, 0.25) is 5.02 Å². The van der Waals surface area contributed by atoms with E-state index in [1.165, 1.54) is 18.2 Å². The Labute approximate surface area is 128 Å². The van der Waals surface area contributed by atoms with Gasteiger partial charge in [0.1, 0.15) is 4.90 Å². The van der Waals surface area contributed by atoms with Crippen molar-refractivity contribution < 1.29 is 18.3 Å². The molecule has 1 atom stereocenters. The minimum absolute atomic E-state index is 0.0153. The van der Waals surface area contributed by atoms with Crippen LogP contribution in [0.1, 0.15) is 25.3 Å². The fraction of sp³-hybridized carbons (Fsp3) is 0.385. The highest BCUT2D eigenvalue weighted by atomic mass is 35.5. The molecule has 1 aromatic rings. The molecule has 1 unspecified atom stereocenters. The van der Waals surface area contributed by atoms with Crippen LogP contribution in [-0.2, 0) is 14.8 Å². The van der Waals surface area contributed by atoms with Crippen LogP contribution in [-0.4, -0.2) is 26.0 Å². The summed E-state index contributed by atoms with van der Waals surface area (Å²) in [5, 5.41) is 17.4. The maximum absolute atomic E-state index is 12.1. The Kier molecular flexibility index (Phi) is 6.15. The summed E-state index contributed by atoms with van der Waals surface area (Å²) in [4.78, 5) is 10.5. The number of hydrogen-bond donors (Lipinski definition) is 2. The van der Waals surface area contributed by atoms with Crippen LogP contribution in [0.25, 0.3) is 0 Å². The van der Waals surface area contributed by atoms with Crippen molar-refractivity contribution in [2.75, 3.05) is 6.54 Å². The number of rotatable bonds is 7. The number of nitriles is 1. The lowest BCUT2D eigenvalue weighted by Gasteiger charge is -2.14. The van der Waals surface area contributed by atoms with Crippen LogP contribution in [0.3, 0.4) is 0 Å². The van der Waals surface area contributed by atoms with Gasteiger partial charge in [-0.2, -0.15) is 5.26 Å². The molecule has 0 aliphatic heterocycles. The van der Waals surface area contributed by atoms with Crippen molar-refractivity contribution in [3.63, 3.8) is 0 Å². The zero-order valence-corrected chi connectivity index (χ0v) is 12.9. The lowest BCUT2D eigenvalue weighted by molar-refractivity contribution is -0.138. The molecular formula is C13H15ClN2O4S. The van der Waals surface area contributed by atoms with Crippen molar-refractivity contribution in [1.29, 1.82) is 5.26 Å². The molecule has 2 N–H and O–H groups in total. The largest absolute Gasteiger partial charge is 0.481 e. The number of halogens is 1. The lowest BCUT2D eigenvalue weighted by Crippen LogP contribution is -2.30. The van der Waals surface area contributed by atoms with Gasteiger partial charge in [0.15, 0.2) is 0 Å². The van der Waals surface area contributed by atoms with Crippen LogP contribution in [0.5, 0.6) is 0 Å². The Morgan fingerprint density at radius 1 is 1.52 bits per heavy atom. The number of sulfonamides is 1. The highest BCUT2D eigenvalue weighted by molar-refractivity contribution is 7.89. The fourth-order valence-corrected chi connectivity index (χ4v) is 3.36. The third-order valence-corrected chi connectivity index (χ3v) is 4.86. The predicted octanol–water partition coefficient (Wildman–Crippen LogP) is 1.99. The molecule has 21 heavy (non-hydrogen) atoms. The van der Waals surface area contributed by atoms with Gasteiger partial charge >= 0.3 is 5.97 Å². The van der Waals surface area contributed by atoms with E-state index in [4.69, 9.17) is 22.0 Å². The molecule has 0 fully saturated rings. The normalized spacial score (nSPS) is 12.6. The average Bonchev–Trinajstić information content (AvgIpc) is 2.42.